The van der Waals surface area contributed by atoms with Crippen molar-refractivity contribution in [2.45, 2.75) is 26.4 Å². The summed E-state index contributed by atoms with van der Waals surface area (Å²) in [6.45, 7) is 5.09. The first-order valence-corrected chi connectivity index (χ1v) is 6.90. The number of esters is 1. The predicted octanol–water partition coefficient (Wildman–Crippen LogP) is 2.84. The molecule has 0 atom stereocenters. The van der Waals surface area contributed by atoms with E-state index in [0.717, 1.165) is 15.8 Å². The lowest BCUT2D eigenvalue weighted by molar-refractivity contribution is -0.142. The normalized spacial score (nSPS) is 10.9. The zero-order valence-corrected chi connectivity index (χ0v) is 13.4. The minimum Gasteiger partial charge on any atom is -0.496 e. The molecule has 1 aromatic rings. The van der Waals surface area contributed by atoms with Crippen LogP contribution in [0.25, 0.3) is 0 Å². The molecule has 0 radical (unpaired) electrons. The molecule has 0 heterocycles. The Labute approximate surface area is 122 Å². The van der Waals surface area contributed by atoms with Gasteiger partial charge in [0.05, 0.1) is 25.2 Å². The Bertz CT molecular complexity index is 435. The zero-order valence-electron chi connectivity index (χ0n) is 11.8. The van der Waals surface area contributed by atoms with Gasteiger partial charge in [0, 0.05) is 12.6 Å². The monoisotopic (exact) mass is 329 g/mol. The van der Waals surface area contributed by atoms with Crippen LogP contribution < -0.4 is 4.74 Å². The number of carbonyl (C=O) groups excluding carboxylic acids is 1. The molecule has 106 valence electrons. The van der Waals surface area contributed by atoms with Crippen LogP contribution in [-0.2, 0) is 16.1 Å². The molecule has 19 heavy (non-hydrogen) atoms. The van der Waals surface area contributed by atoms with Gasteiger partial charge in [-0.25, -0.2) is 0 Å². The highest BCUT2D eigenvalue weighted by atomic mass is 79.9. The average molecular weight is 330 g/mol. The van der Waals surface area contributed by atoms with E-state index in [9.17, 15) is 4.79 Å². The minimum absolute atomic E-state index is 0.221. The van der Waals surface area contributed by atoms with Crippen molar-refractivity contribution in [2.75, 3.05) is 20.8 Å². The lowest BCUT2D eigenvalue weighted by Crippen LogP contribution is -2.35. The standard InChI is InChI=1S/C14H20BrNO3/c1-10(2)16(9-14(17)19-4)8-11-5-6-13(18-3)12(15)7-11/h5-7,10H,8-9H2,1-4H3. The van der Waals surface area contributed by atoms with E-state index < -0.39 is 0 Å². The van der Waals surface area contributed by atoms with Crippen LogP contribution >= 0.6 is 15.9 Å². The zero-order chi connectivity index (χ0) is 14.4. The molecule has 0 aliphatic rings. The van der Waals surface area contributed by atoms with E-state index >= 15 is 0 Å². The maximum Gasteiger partial charge on any atom is 0.319 e. The quantitative estimate of drug-likeness (QED) is 0.752. The van der Waals surface area contributed by atoms with Crippen molar-refractivity contribution in [1.82, 2.24) is 4.90 Å². The molecule has 0 fully saturated rings. The van der Waals surface area contributed by atoms with Gasteiger partial charge in [-0.15, -0.1) is 0 Å². The number of halogens is 1. The Balaban J connectivity index is 2.79. The summed E-state index contributed by atoms with van der Waals surface area (Å²) in [7, 11) is 3.04. The number of benzene rings is 1. The van der Waals surface area contributed by atoms with Crippen molar-refractivity contribution in [3.8, 4) is 5.75 Å². The van der Waals surface area contributed by atoms with Gasteiger partial charge in [-0.05, 0) is 47.5 Å². The van der Waals surface area contributed by atoms with E-state index in [4.69, 9.17) is 9.47 Å². The second-order valence-corrected chi connectivity index (χ2v) is 5.40. The maximum atomic E-state index is 11.4. The Hall–Kier alpha value is -1.07. The molecule has 0 unspecified atom stereocenters. The summed E-state index contributed by atoms with van der Waals surface area (Å²) >= 11 is 3.46. The molecule has 0 N–H and O–H groups in total. The lowest BCUT2D eigenvalue weighted by atomic mass is 10.2. The van der Waals surface area contributed by atoms with E-state index in [1.54, 1.807) is 7.11 Å². The Kier molecular flexibility index (Phi) is 6.31. The van der Waals surface area contributed by atoms with E-state index in [0.29, 0.717) is 6.54 Å². The molecule has 0 spiro atoms. The fraction of sp³-hybridized carbons (Fsp3) is 0.500. The average Bonchev–Trinajstić information content (AvgIpc) is 2.37. The highest BCUT2D eigenvalue weighted by Gasteiger charge is 2.15. The minimum atomic E-state index is -0.221. The van der Waals surface area contributed by atoms with Crippen molar-refractivity contribution in [3.63, 3.8) is 0 Å². The van der Waals surface area contributed by atoms with Crippen LogP contribution in [0.15, 0.2) is 22.7 Å². The molecule has 0 amide bonds. The van der Waals surface area contributed by atoms with Crippen LogP contribution in [0.1, 0.15) is 19.4 Å². The van der Waals surface area contributed by atoms with Gasteiger partial charge >= 0.3 is 5.97 Å². The number of nitrogens with zero attached hydrogens (tertiary/aromatic N) is 1. The number of ether oxygens (including phenoxy) is 2. The number of carbonyl (C=O) groups is 1. The third kappa shape index (κ3) is 4.84. The fourth-order valence-electron chi connectivity index (χ4n) is 1.69. The highest BCUT2D eigenvalue weighted by molar-refractivity contribution is 9.10. The molecule has 5 heteroatoms. The first kappa shape index (κ1) is 16.0. The molecule has 4 nitrogen and oxygen atoms in total. The molecular formula is C14H20BrNO3. The topological polar surface area (TPSA) is 38.8 Å². The van der Waals surface area contributed by atoms with Gasteiger partial charge in [-0.1, -0.05) is 6.07 Å². The van der Waals surface area contributed by atoms with Gasteiger partial charge in [0.1, 0.15) is 5.75 Å². The number of hydrogen-bond acceptors (Lipinski definition) is 4. The number of methoxy groups -OCH3 is 2. The third-order valence-corrected chi connectivity index (χ3v) is 3.51. The van der Waals surface area contributed by atoms with Crippen LogP contribution in [0, 0.1) is 0 Å². The predicted molar refractivity (Wildman–Crippen MR) is 78.3 cm³/mol. The highest BCUT2D eigenvalue weighted by Crippen LogP contribution is 2.26. The maximum absolute atomic E-state index is 11.4. The van der Waals surface area contributed by atoms with E-state index in [-0.39, 0.29) is 18.6 Å². The second kappa shape index (κ2) is 7.50. The van der Waals surface area contributed by atoms with Gasteiger partial charge in [0.2, 0.25) is 0 Å². The Morgan fingerprint density at radius 1 is 1.37 bits per heavy atom. The fourth-order valence-corrected chi connectivity index (χ4v) is 2.28. The smallest absolute Gasteiger partial charge is 0.319 e. The van der Waals surface area contributed by atoms with Crippen LogP contribution in [-0.4, -0.2) is 37.7 Å². The molecule has 0 aliphatic heterocycles. The van der Waals surface area contributed by atoms with Crippen LogP contribution in [0.2, 0.25) is 0 Å². The summed E-state index contributed by atoms with van der Waals surface area (Å²) in [6, 6.07) is 6.18. The second-order valence-electron chi connectivity index (χ2n) is 4.54. The summed E-state index contributed by atoms with van der Waals surface area (Å²) in [5.74, 6) is 0.578. The van der Waals surface area contributed by atoms with Gasteiger partial charge in [-0.3, -0.25) is 9.69 Å². The largest absolute Gasteiger partial charge is 0.496 e. The van der Waals surface area contributed by atoms with Crippen molar-refractivity contribution >= 4 is 21.9 Å². The first-order chi connectivity index (χ1) is 8.97. The Morgan fingerprint density at radius 2 is 2.05 bits per heavy atom. The van der Waals surface area contributed by atoms with Gasteiger partial charge in [-0.2, -0.15) is 0 Å². The Morgan fingerprint density at radius 3 is 2.53 bits per heavy atom. The van der Waals surface area contributed by atoms with Crippen LogP contribution in [0.5, 0.6) is 5.75 Å². The van der Waals surface area contributed by atoms with Gasteiger partial charge in [0.25, 0.3) is 0 Å². The van der Waals surface area contributed by atoms with E-state index in [1.807, 2.05) is 18.2 Å². The van der Waals surface area contributed by atoms with E-state index in [1.165, 1.54) is 7.11 Å². The molecular weight excluding hydrogens is 310 g/mol. The first-order valence-electron chi connectivity index (χ1n) is 6.11. The third-order valence-electron chi connectivity index (χ3n) is 2.89. The summed E-state index contributed by atoms with van der Waals surface area (Å²) in [6.07, 6.45) is 0. The molecule has 0 bridgehead atoms. The number of rotatable bonds is 6. The molecule has 0 saturated carbocycles. The summed E-state index contributed by atoms with van der Waals surface area (Å²) in [5.41, 5.74) is 1.12. The SMILES string of the molecule is COC(=O)CN(Cc1ccc(OC)c(Br)c1)C(C)C. The van der Waals surface area contributed by atoms with Crippen molar-refractivity contribution in [3.05, 3.63) is 28.2 Å². The van der Waals surface area contributed by atoms with Crippen molar-refractivity contribution in [2.24, 2.45) is 0 Å². The molecule has 0 aliphatic carbocycles. The number of hydrogen-bond donors (Lipinski definition) is 0. The molecule has 1 rings (SSSR count). The van der Waals surface area contributed by atoms with Crippen molar-refractivity contribution in [1.29, 1.82) is 0 Å². The summed E-state index contributed by atoms with van der Waals surface area (Å²) in [5, 5.41) is 0. The lowest BCUT2D eigenvalue weighted by Gasteiger charge is -2.25. The van der Waals surface area contributed by atoms with E-state index in [2.05, 4.69) is 34.7 Å². The van der Waals surface area contributed by atoms with Crippen molar-refractivity contribution < 1.29 is 14.3 Å². The van der Waals surface area contributed by atoms with Crippen LogP contribution in [0.3, 0.4) is 0 Å². The summed E-state index contributed by atoms with van der Waals surface area (Å²) in [4.78, 5) is 13.4. The van der Waals surface area contributed by atoms with Crippen LogP contribution in [0.4, 0.5) is 0 Å². The molecule has 0 saturated heterocycles. The summed E-state index contributed by atoms with van der Waals surface area (Å²) < 4.78 is 10.8. The van der Waals surface area contributed by atoms with Gasteiger partial charge < -0.3 is 9.47 Å². The molecule has 1 aromatic carbocycles. The van der Waals surface area contributed by atoms with Gasteiger partial charge in [0.15, 0.2) is 0 Å². The molecule has 0 aromatic heterocycles.